The van der Waals surface area contributed by atoms with E-state index in [1.54, 1.807) is 11.3 Å². The van der Waals surface area contributed by atoms with Crippen molar-refractivity contribution in [2.24, 2.45) is 0 Å². The zero-order valence-electron chi connectivity index (χ0n) is 12.9. The van der Waals surface area contributed by atoms with Gasteiger partial charge >= 0.3 is 0 Å². The van der Waals surface area contributed by atoms with Gasteiger partial charge in [-0.2, -0.15) is 0 Å². The van der Waals surface area contributed by atoms with Crippen LogP contribution in [0.25, 0.3) is 0 Å². The zero-order chi connectivity index (χ0) is 17.2. The molecule has 0 spiro atoms. The van der Waals surface area contributed by atoms with E-state index in [0.29, 0.717) is 6.61 Å². The van der Waals surface area contributed by atoms with E-state index < -0.39 is 5.60 Å². The second kappa shape index (κ2) is 7.83. The Morgan fingerprint density at radius 1 is 0.833 bits per heavy atom. The predicted molar refractivity (Wildman–Crippen MR) is 112 cm³/mol. The molecule has 0 saturated carbocycles. The van der Waals surface area contributed by atoms with Gasteiger partial charge in [0.05, 0.1) is 17.6 Å². The van der Waals surface area contributed by atoms with Gasteiger partial charge in [-0.05, 0) is 65.8 Å². The Hall–Kier alpha value is -0.460. The minimum absolute atomic E-state index is 0.601. The standard InChI is InChI=1S/C19H15Br3OS/c1-2-23-19(13-9-5-3-6-10-13,14-11-7-4-8-12-14)17-15(20)16(21)18(22)24-17/h3-12H,2H2,1H3. The molecular weight excluding hydrogens is 516 g/mol. The van der Waals surface area contributed by atoms with Gasteiger partial charge in [-0.25, -0.2) is 0 Å². The van der Waals surface area contributed by atoms with Crippen molar-refractivity contribution in [3.63, 3.8) is 0 Å². The summed E-state index contributed by atoms with van der Waals surface area (Å²) in [6, 6.07) is 20.8. The Morgan fingerprint density at radius 2 is 1.33 bits per heavy atom. The van der Waals surface area contributed by atoms with Crippen LogP contribution in [-0.2, 0) is 10.3 Å². The van der Waals surface area contributed by atoms with Crippen molar-refractivity contribution in [1.29, 1.82) is 0 Å². The molecule has 2 aromatic carbocycles. The summed E-state index contributed by atoms with van der Waals surface area (Å²) in [7, 11) is 0. The summed E-state index contributed by atoms with van der Waals surface area (Å²) < 4.78 is 9.54. The lowest BCUT2D eigenvalue weighted by Crippen LogP contribution is -2.32. The van der Waals surface area contributed by atoms with Crippen molar-refractivity contribution >= 4 is 59.1 Å². The van der Waals surface area contributed by atoms with Crippen LogP contribution in [0.2, 0.25) is 0 Å². The van der Waals surface area contributed by atoms with E-state index in [0.717, 1.165) is 28.7 Å². The summed E-state index contributed by atoms with van der Waals surface area (Å²) >= 11 is 12.7. The first-order valence-electron chi connectivity index (χ1n) is 7.50. The first-order valence-corrected chi connectivity index (χ1v) is 10.7. The maximum absolute atomic E-state index is 6.48. The number of halogens is 3. The van der Waals surface area contributed by atoms with Crippen molar-refractivity contribution in [1.82, 2.24) is 0 Å². The lowest BCUT2D eigenvalue weighted by molar-refractivity contribution is 0.0238. The van der Waals surface area contributed by atoms with Crippen LogP contribution in [0.4, 0.5) is 0 Å². The van der Waals surface area contributed by atoms with Gasteiger partial charge in [0.2, 0.25) is 0 Å². The second-order valence-electron chi connectivity index (χ2n) is 5.18. The molecule has 1 heterocycles. The van der Waals surface area contributed by atoms with E-state index in [9.17, 15) is 0 Å². The molecular formula is C19H15Br3OS. The van der Waals surface area contributed by atoms with Crippen molar-refractivity contribution in [3.05, 3.63) is 89.4 Å². The Balaban J connectivity index is 2.37. The number of hydrogen-bond acceptors (Lipinski definition) is 2. The van der Waals surface area contributed by atoms with Crippen LogP contribution in [0.5, 0.6) is 0 Å². The predicted octanol–water partition coefficient (Wildman–Crippen LogP) is 7.36. The summed E-state index contributed by atoms with van der Waals surface area (Å²) in [4.78, 5) is 1.11. The van der Waals surface area contributed by atoms with Crippen molar-refractivity contribution in [2.75, 3.05) is 6.61 Å². The minimum atomic E-state index is -0.657. The maximum atomic E-state index is 6.48. The van der Waals surface area contributed by atoms with Gasteiger partial charge in [-0.15, -0.1) is 11.3 Å². The molecule has 0 aliphatic heterocycles. The molecule has 0 bridgehead atoms. The summed E-state index contributed by atoms with van der Waals surface area (Å²) in [6.45, 7) is 2.63. The molecule has 0 atom stereocenters. The highest BCUT2D eigenvalue weighted by Crippen LogP contribution is 2.51. The third kappa shape index (κ3) is 3.17. The van der Waals surface area contributed by atoms with Crippen LogP contribution < -0.4 is 0 Å². The fraction of sp³-hybridized carbons (Fsp3) is 0.158. The highest BCUT2D eigenvalue weighted by atomic mass is 79.9. The second-order valence-corrected chi connectivity index (χ2v) is 9.10. The van der Waals surface area contributed by atoms with Crippen molar-refractivity contribution < 1.29 is 4.74 Å². The number of thiophene rings is 1. The Bertz CT molecular complexity index is 776. The lowest BCUT2D eigenvalue weighted by atomic mass is 9.84. The van der Waals surface area contributed by atoms with Crippen LogP contribution in [-0.4, -0.2) is 6.61 Å². The molecule has 0 saturated heterocycles. The van der Waals surface area contributed by atoms with E-state index >= 15 is 0 Å². The summed E-state index contributed by atoms with van der Waals surface area (Å²) in [6.07, 6.45) is 0. The topological polar surface area (TPSA) is 9.23 Å². The zero-order valence-corrected chi connectivity index (χ0v) is 18.5. The number of hydrogen-bond donors (Lipinski definition) is 0. The van der Waals surface area contributed by atoms with E-state index in [-0.39, 0.29) is 0 Å². The highest BCUT2D eigenvalue weighted by molar-refractivity contribution is 9.14. The summed E-state index contributed by atoms with van der Waals surface area (Å²) in [5.74, 6) is 0. The molecule has 0 fully saturated rings. The third-order valence-corrected chi connectivity index (χ3v) is 8.93. The van der Waals surface area contributed by atoms with Gasteiger partial charge in [0, 0.05) is 6.61 Å². The molecule has 0 aliphatic carbocycles. The average Bonchev–Trinajstić information content (AvgIpc) is 2.89. The Morgan fingerprint density at radius 3 is 1.71 bits per heavy atom. The maximum Gasteiger partial charge on any atom is 0.153 e. The van der Waals surface area contributed by atoms with Gasteiger partial charge in [0.1, 0.15) is 0 Å². The van der Waals surface area contributed by atoms with Gasteiger partial charge in [0.25, 0.3) is 0 Å². The molecule has 3 aromatic rings. The SMILES string of the molecule is CCOC(c1ccccc1)(c1ccccc1)c1sc(Br)c(Br)c1Br. The molecule has 24 heavy (non-hydrogen) atoms. The summed E-state index contributed by atoms with van der Waals surface area (Å²) in [5, 5.41) is 0. The molecule has 5 heteroatoms. The molecule has 1 aromatic heterocycles. The normalized spacial score (nSPS) is 11.7. The average molecular weight is 531 g/mol. The minimum Gasteiger partial charge on any atom is -0.360 e. The van der Waals surface area contributed by atoms with Crippen LogP contribution >= 0.6 is 59.1 Å². The monoisotopic (exact) mass is 528 g/mol. The first-order chi connectivity index (χ1) is 11.6. The third-order valence-electron chi connectivity index (χ3n) is 3.80. The number of benzene rings is 2. The van der Waals surface area contributed by atoms with Crippen LogP contribution in [0.3, 0.4) is 0 Å². The summed E-state index contributed by atoms with van der Waals surface area (Å²) in [5.41, 5.74) is 1.56. The Labute approximate surface area is 171 Å². The molecule has 1 nitrogen and oxygen atoms in total. The first kappa shape index (κ1) is 18.3. The van der Waals surface area contributed by atoms with E-state index in [4.69, 9.17) is 4.74 Å². The molecule has 0 amide bonds. The van der Waals surface area contributed by atoms with E-state index in [1.807, 2.05) is 19.1 Å². The Kier molecular flexibility index (Phi) is 5.98. The van der Waals surface area contributed by atoms with E-state index in [1.165, 1.54) is 0 Å². The number of ether oxygens (including phenoxy) is 1. The van der Waals surface area contributed by atoms with Crippen LogP contribution in [0, 0.1) is 0 Å². The van der Waals surface area contributed by atoms with Crippen molar-refractivity contribution in [2.45, 2.75) is 12.5 Å². The van der Waals surface area contributed by atoms with Crippen LogP contribution in [0.15, 0.2) is 73.4 Å². The van der Waals surface area contributed by atoms with Crippen LogP contribution in [0.1, 0.15) is 22.9 Å². The van der Waals surface area contributed by atoms with Gasteiger partial charge in [-0.3, -0.25) is 0 Å². The molecule has 0 N–H and O–H groups in total. The lowest BCUT2D eigenvalue weighted by Gasteiger charge is -2.34. The fourth-order valence-corrected chi connectivity index (χ4v) is 6.19. The number of rotatable bonds is 5. The quantitative estimate of drug-likeness (QED) is 0.335. The molecule has 0 unspecified atom stereocenters. The fourth-order valence-electron chi connectivity index (χ4n) is 2.81. The molecule has 124 valence electrons. The molecule has 0 radical (unpaired) electrons. The smallest absolute Gasteiger partial charge is 0.153 e. The molecule has 3 rings (SSSR count). The molecule has 0 aliphatic rings. The van der Waals surface area contributed by atoms with Gasteiger partial charge in [0.15, 0.2) is 5.60 Å². The van der Waals surface area contributed by atoms with Gasteiger partial charge < -0.3 is 4.74 Å². The van der Waals surface area contributed by atoms with Gasteiger partial charge in [-0.1, -0.05) is 60.7 Å². The van der Waals surface area contributed by atoms with E-state index in [2.05, 4.69) is 96.3 Å². The van der Waals surface area contributed by atoms with Crippen molar-refractivity contribution in [3.8, 4) is 0 Å². The largest absolute Gasteiger partial charge is 0.360 e. The highest BCUT2D eigenvalue weighted by Gasteiger charge is 2.41.